The van der Waals surface area contributed by atoms with Gasteiger partial charge in [0.1, 0.15) is 0 Å². The third-order valence-electron chi connectivity index (χ3n) is 3.55. The van der Waals surface area contributed by atoms with E-state index in [0.29, 0.717) is 10.6 Å². The minimum absolute atomic E-state index is 0.0548. The largest absolute Gasteiger partial charge is 0.365 e. The Hall–Kier alpha value is -1.02. The van der Waals surface area contributed by atoms with Crippen molar-refractivity contribution in [3.63, 3.8) is 0 Å². The first-order chi connectivity index (χ1) is 7.92. The fourth-order valence-electron chi connectivity index (χ4n) is 2.50. The Morgan fingerprint density at radius 3 is 2.59 bits per heavy atom. The van der Waals surface area contributed by atoms with Gasteiger partial charge in [0.25, 0.3) is 0 Å². The topological polar surface area (TPSA) is 20.3 Å². The normalized spacial score (nSPS) is 18.5. The van der Waals surface area contributed by atoms with Crippen LogP contribution in [0.4, 0.5) is 5.69 Å². The first kappa shape index (κ1) is 12.4. The summed E-state index contributed by atoms with van der Waals surface area (Å²) < 4.78 is 0. The molecule has 1 aromatic carbocycles. The number of nitrogens with zero attached hydrogens (tertiary/aromatic N) is 1. The molecule has 0 spiro atoms. The van der Waals surface area contributed by atoms with E-state index in [1.807, 2.05) is 12.1 Å². The van der Waals surface area contributed by atoms with Crippen LogP contribution >= 0.6 is 11.6 Å². The number of hydrogen-bond acceptors (Lipinski definition) is 2. The average molecular weight is 252 g/mol. The summed E-state index contributed by atoms with van der Waals surface area (Å²) in [6.45, 7) is 7.06. The molecule has 0 atom stereocenters. The van der Waals surface area contributed by atoms with E-state index in [0.717, 1.165) is 12.2 Å². The third-order valence-corrected chi connectivity index (χ3v) is 3.85. The Kier molecular flexibility index (Phi) is 3.17. The molecule has 1 fully saturated rings. The highest BCUT2D eigenvalue weighted by Gasteiger charge is 2.32. The van der Waals surface area contributed by atoms with Crippen molar-refractivity contribution < 1.29 is 4.79 Å². The molecule has 1 aromatic rings. The van der Waals surface area contributed by atoms with Crippen LogP contribution in [0.25, 0.3) is 0 Å². The van der Waals surface area contributed by atoms with E-state index in [-0.39, 0.29) is 11.3 Å². The van der Waals surface area contributed by atoms with Gasteiger partial charge in [-0.15, -0.1) is 0 Å². The fraction of sp³-hybridized carbons (Fsp3) is 0.500. The van der Waals surface area contributed by atoms with Crippen molar-refractivity contribution in [3.05, 3.63) is 28.8 Å². The second-order valence-corrected chi connectivity index (χ2v) is 5.70. The van der Waals surface area contributed by atoms with Gasteiger partial charge in [0.2, 0.25) is 0 Å². The van der Waals surface area contributed by atoms with Crippen LogP contribution in [-0.2, 0) is 0 Å². The zero-order valence-corrected chi connectivity index (χ0v) is 11.3. The maximum atomic E-state index is 11.3. The van der Waals surface area contributed by atoms with Gasteiger partial charge in [0, 0.05) is 17.6 Å². The fourth-order valence-corrected chi connectivity index (χ4v) is 2.78. The lowest BCUT2D eigenvalue weighted by Crippen LogP contribution is -2.38. The van der Waals surface area contributed by atoms with E-state index in [1.54, 1.807) is 13.0 Å². The van der Waals surface area contributed by atoms with Gasteiger partial charge in [-0.3, -0.25) is 4.79 Å². The molecule has 0 saturated carbocycles. The quantitative estimate of drug-likeness (QED) is 0.743. The molecule has 92 valence electrons. The molecule has 1 aliphatic heterocycles. The molecule has 17 heavy (non-hydrogen) atoms. The first-order valence-electron chi connectivity index (χ1n) is 6.00. The number of Topliss-reactive ketones (excluding diaryl/α,β-unsaturated/α-hetero) is 1. The van der Waals surface area contributed by atoms with Crippen molar-refractivity contribution in [2.75, 3.05) is 11.4 Å². The lowest BCUT2D eigenvalue weighted by atomic mass is 10.0. The molecule has 2 nitrogen and oxygen atoms in total. The SMILES string of the molecule is CC(=O)c1ccc(N2CCCC2(C)C)c(Cl)c1. The summed E-state index contributed by atoms with van der Waals surface area (Å²) in [6.07, 6.45) is 2.37. The molecule has 1 saturated heterocycles. The molecule has 2 rings (SSSR count). The van der Waals surface area contributed by atoms with Crippen LogP contribution in [0, 0.1) is 0 Å². The van der Waals surface area contributed by atoms with Crippen LogP contribution in [0.1, 0.15) is 44.0 Å². The Balaban J connectivity index is 2.37. The average Bonchev–Trinajstić information content (AvgIpc) is 2.58. The highest BCUT2D eigenvalue weighted by molar-refractivity contribution is 6.33. The summed E-state index contributed by atoms with van der Waals surface area (Å²) in [5, 5.41) is 0.674. The van der Waals surface area contributed by atoms with E-state index in [1.165, 1.54) is 12.8 Å². The summed E-state index contributed by atoms with van der Waals surface area (Å²) >= 11 is 6.29. The lowest BCUT2D eigenvalue weighted by molar-refractivity contribution is 0.101. The number of anilines is 1. The van der Waals surface area contributed by atoms with Gasteiger partial charge in [-0.1, -0.05) is 11.6 Å². The minimum atomic E-state index is 0.0548. The molecule has 0 N–H and O–H groups in total. The van der Waals surface area contributed by atoms with Crippen LogP contribution < -0.4 is 4.90 Å². The maximum Gasteiger partial charge on any atom is 0.159 e. The molecular weight excluding hydrogens is 234 g/mol. The third kappa shape index (κ3) is 2.32. The number of hydrogen-bond donors (Lipinski definition) is 0. The Bertz CT molecular complexity index is 454. The minimum Gasteiger partial charge on any atom is -0.365 e. The van der Waals surface area contributed by atoms with Crippen LogP contribution in [-0.4, -0.2) is 17.9 Å². The number of carbonyl (C=O) groups is 1. The highest BCUT2D eigenvalue weighted by Crippen LogP contribution is 2.37. The number of halogens is 1. The van der Waals surface area contributed by atoms with Crippen molar-refractivity contribution in [3.8, 4) is 0 Å². The number of ketones is 1. The Labute approximate surface area is 108 Å². The zero-order chi connectivity index (χ0) is 12.6. The molecule has 0 aliphatic carbocycles. The molecule has 1 heterocycles. The Morgan fingerprint density at radius 2 is 2.12 bits per heavy atom. The predicted octanol–water partition coefficient (Wildman–Crippen LogP) is 3.92. The predicted molar refractivity (Wildman–Crippen MR) is 72.1 cm³/mol. The lowest BCUT2D eigenvalue weighted by Gasteiger charge is -2.34. The van der Waals surface area contributed by atoms with Crippen LogP contribution in [0.15, 0.2) is 18.2 Å². The van der Waals surface area contributed by atoms with Gasteiger partial charge in [-0.25, -0.2) is 0 Å². The van der Waals surface area contributed by atoms with Crippen molar-refractivity contribution >= 4 is 23.1 Å². The second kappa shape index (κ2) is 4.34. The molecular formula is C14H18ClNO. The van der Waals surface area contributed by atoms with Crippen molar-refractivity contribution in [1.82, 2.24) is 0 Å². The molecule has 0 aromatic heterocycles. The summed E-state index contributed by atoms with van der Waals surface area (Å²) in [6, 6.07) is 5.59. The molecule has 1 aliphatic rings. The van der Waals surface area contributed by atoms with E-state index in [2.05, 4.69) is 18.7 Å². The number of carbonyl (C=O) groups excluding carboxylic acids is 1. The molecule has 0 radical (unpaired) electrons. The van der Waals surface area contributed by atoms with E-state index in [4.69, 9.17) is 11.6 Å². The van der Waals surface area contributed by atoms with Gasteiger partial charge >= 0.3 is 0 Å². The van der Waals surface area contributed by atoms with Crippen molar-refractivity contribution in [2.24, 2.45) is 0 Å². The van der Waals surface area contributed by atoms with Gasteiger partial charge in [-0.05, 0) is 51.8 Å². The maximum absolute atomic E-state index is 11.3. The smallest absolute Gasteiger partial charge is 0.159 e. The Morgan fingerprint density at radius 1 is 1.41 bits per heavy atom. The van der Waals surface area contributed by atoms with Crippen LogP contribution in [0.3, 0.4) is 0 Å². The van der Waals surface area contributed by atoms with Gasteiger partial charge < -0.3 is 4.90 Å². The van der Waals surface area contributed by atoms with E-state index < -0.39 is 0 Å². The van der Waals surface area contributed by atoms with Gasteiger partial charge in [0.15, 0.2) is 5.78 Å². The van der Waals surface area contributed by atoms with E-state index >= 15 is 0 Å². The standard InChI is InChI=1S/C14H18ClNO/c1-10(17)11-5-6-13(12(15)9-11)16-8-4-7-14(16,2)3/h5-6,9H,4,7-8H2,1-3H3. The molecule has 0 bridgehead atoms. The summed E-state index contributed by atoms with van der Waals surface area (Å²) in [5.41, 5.74) is 1.87. The van der Waals surface area contributed by atoms with Gasteiger partial charge in [-0.2, -0.15) is 0 Å². The summed E-state index contributed by atoms with van der Waals surface area (Å²) in [7, 11) is 0. The summed E-state index contributed by atoms with van der Waals surface area (Å²) in [4.78, 5) is 13.6. The van der Waals surface area contributed by atoms with Crippen molar-refractivity contribution in [1.29, 1.82) is 0 Å². The molecule has 0 amide bonds. The zero-order valence-electron chi connectivity index (χ0n) is 10.6. The second-order valence-electron chi connectivity index (χ2n) is 5.29. The first-order valence-corrected chi connectivity index (χ1v) is 6.38. The van der Waals surface area contributed by atoms with Crippen molar-refractivity contribution in [2.45, 2.75) is 39.2 Å². The molecule has 3 heteroatoms. The monoisotopic (exact) mass is 251 g/mol. The van der Waals surface area contributed by atoms with Crippen LogP contribution in [0.2, 0.25) is 5.02 Å². The highest BCUT2D eigenvalue weighted by atomic mass is 35.5. The molecule has 0 unspecified atom stereocenters. The number of rotatable bonds is 2. The number of benzene rings is 1. The van der Waals surface area contributed by atoms with E-state index in [9.17, 15) is 4.79 Å². The summed E-state index contributed by atoms with van der Waals surface area (Å²) in [5.74, 6) is 0.0548. The van der Waals surface area contributed by atoms with Crippen LogP contribution in [0.5, 0.6) is 0 Å². The van der Waals surface area contributed by atoms with Gasteiger partial charge in [0.05, 0.1) is 10.7 Å².